The molecule has 0 aromatic heterocycles. The summed E-state index contributed by atoms with van der Waals surface area (Å²) >= 11 is 0. The van der Waals surface area contributed by atoms with E-state index in [9.17, 15) is 19.8 Å². The van der Waals surface area contributed by atoms with Gasteiger partial charge in [0.1, 0.15) is 6.04 Å². The van der Waals surface area contributed by atoms with Crippen molar-refractivity contribution in [2.45, 2.75) is 12.5 Å². The number of carbonyl (C=O) groups is 2. The molecule has 0 bridgehead atoms. The highest BCUT2D eigenvalue weighted by Gasteiger charge is 2.22. The molecule has 0 aliphatic heterocycles. The third kappa shape index (κ3) is 4.41. The van der Waals surface area contributed by atoms with Gasteiger partial charge < -0.3 is 25.0 Å². The summed E-state index contributed by atoms with van der Waals surface area (Å²) in [5.74, 6) is -1.41. The number of phenolic OH excluding ortho intramolecular Hbond substituents is 1. The van der Waals surface area contributed by atoms with Gasteiger partial charge in [-0.05, 0) is 29.8 Å². The monoisotopic (exact) mass is 345 g/mol. The number of phenols is 1. The van der Waals surface area contributed by atoms with Crippen LogP contribution < -0.4 is 14.8 Å². The van der Waals surface area contributed by atoms with Gasteiger partial charge in [-0.1, -0.05) is 18.2 Å². The molecule has 7 heteroatoms. The number of methoxy groups -OCH3 is 2. The van der Waals surface area contributed by atoms with Crippen molar-refractivity contribution in [3.63, 3.8) is 0 Å². The molecule has 0 saturated heterocycles. The Labute approximate surface area is 144 Å². The summed E-state index contributed by atoms with van der Waals surface area (Å²) in [5, 5.41) is 21.8. The Morgan fingerprint density at radius 3 is 2.36 bits per heavy atom. The second-order valence-electron chi connectivity index (χ2n) is 5.28. The summed E-state index contributed by atoms with van der Waals surface area (Å²) in [4.78, 5) is 23.7. The number of benzene rings is 2. The Morgan fingerprint density at radius 1 is 1.12 bits per heavy atom. The summed E-state index contributed by atoms with van der Waals surface area (Å²) in [6.07, 6.45) is -0.0260. The van der Waals surface area contributed by atoms with Crippen molar-refractivity contribution in [1.82, 2.24) is 5.32 Å². The number of hydrogen-bond acceptors (Lipinski definition) is 5. The fraction of sp³-hybridized carbons (Fsp3) is 0.222. The number of carbonyl (C=O) groups excluding carboxylic acids is 1. The third-order valence-corrected chi connectivity index (χ3v) is 3.60. The molecule has 2 aromatic rings. The van der Waals surface area contributed by atoms with Gasteiger partial charge in [0.15, 0.2) is 11.5 Å². The van der Waals surface area contributed by atoms with Crippen LogP contribution in [0.15, 0.2) is 42.5 Å². The van der Waals surface area contributed by atoms with E-state index >= 15 is 0 Å². The predicted molar refractivity (Wildman–Crippen MR) is 90.2 cm³/mol. The van der Waals surface area contributed by atoms with Gasteiger partial charge in [-0.25, -0.2) is 4.79 Å². The van der Waals surface area contributed by atoms with E-state index in [4.69, 9.17) is 9.47 Å². The highest BCUT2D eigenvalue weighted by molar-refractivity contribution is 5.96. The van der Waals surface area contributed by atoms with Crippen LogP contribution in [0.2, 0.25) is 0 Å². The van der Waals surface area contributed by atoms with Crippen LogP contribution in [0.3, 0.4) is 0 Å². The molecular weight excluding hydrogens is 326 g/mol. The van der Waals surface area contributed by atoms with E-state index in [0.29, 0.717) is 11.1 Å². The standard InChI is InChI=1S/C18H19NO6/c1-24-15-10-11(9-14(20)16(15)25-2)8-13(18(22)23)19-17(21)12-6-4-3-5-7-12/h3-7,9-10,13,20H,8H2,1-2H3,(H,19,21)(H,22,23). The average Bonchev–Trinajstić information content (AvgIpc) is 2.61. The molecule has 0 spiro atoms. The van der Waals surface area contributed by atoms with Gasteiger partial charge in [-0.2, -0.15) is 0 Å². The topological polar surface area (TPSA) is 105 Å². The molecule has 1 atom stereocenters. The maximum atomic E-state index is 12.2. The van der Waals surface area contributed by atoms with Crippen LogP contribution in [-0.4, -0.2) is 42.4 Å². The van der Waals surface area contributed by atoms with Crippen LogP contribution in [0.25, 0.3) is 0 Å². The molecule has 3 N–H and O–H groups in total. The Kier molecular flexibility index (Phi) is 5.84. The lowest BCUT2D eigenvalue weighted by Crippen LogP contribution is -2.42. The van der Waals surface area contributed by atoms with Crippen molar-refractivity contribution in [3.05, 3.63) is 53.6 Å². The van der Waals surface area contributed by atoms with Gasteiger partial charge in [0.25, 0.3) is 5.91 Å². The van der Waals surface area contributed by atoms with Crippen LogP contribution in [0, 0.1) is 0 Å². The van der Waals surface area contributed by atoms with Crippen LogP contribution >= 0.6 is 0 Å². The molecule has 0 radical (unpaired) electrons. The molecule has 1 unspecified atom stereocenters. The zero-order valence-corrected chi connectivity index (χ0v) is 13.9. The fourth-order valence-electron chi connectivity index (χ4n) is 2.38. The van der Waals surface area contributed by atoms with E-state index in [1.165, 1.54) is 20.3 Å². The zero-order valence-electron chi connectivity index (χ0n) is 13.9. The van der Waals surface area contributed by atoms with E-state index in [0.717, 1.165) is 0 Å². The van der Waals surface area contributed by atoms with Gasteiger partial charge in [0.2, 0.25) is 5.75 Å². The first kappa shape index (κ1) is 18.1. The van der Waals surface area contributed by atoms with E-state index in [1.54, 1.807) is 36.4 Å². The van der Waals surface area contributed by atoms with Crippen molar-refractivity contribution in [3.8, 4) is 17.2 Å². The molecule has 0 aliphatic carbocycles. The van der Waals surface area contributed by atoms with Crippen LogP contribution in [-0.2, 0) is 11.2 Å². The number of aliphatic carboxylic acids is 1. The number of amides is 1. The van der Waals surface area contributed by atoms with E-state index < -0.39 is 17.9 Å². The maximum Gasteiger partial charge on any atom is 0.326 e. The van der Waals surface area contributed by atoms with Crippen molar-refractivity contribution in [2.24, 2.45) is 0 Å². The second-order valence-corrected chi connectivity index (χ2v) is 5.28. The molecule has 0 fully saturated rings. The molecule has 7 nitrogen and oxygen atoms in total. The first-order valence-corrected chi connectivity index (χ1v) is 7.48. The molecule has 0 aliphatic rings. The number of nitrogens with one attached hydrogen (secondary N) is 1. The van der Waals surface area contributed by atoms with Gasteiger partial charge in [0, 0.05) is 12.0 Å². The lowest BCUT2D eigenvalue weighted by molar-refractivity contribution is -0.139. The van der Waals surface area contributed by atoms with Crippen molar-refractivity contribution in [1.29, 1.82) is 0 Å². The van der Waals surface area contributed by atoms with Crippen molar-refractivity contribution >= 4 is 11.9 Å². The minimum absolute atomic E-state index is 0.0260. The largest absolute Gasteiger partial charge is 0.504 e. The molecular formula is C18H19NO6. The number of rotatable bonds is 7. The molecule has 25 heavy (non-hydrogen) atoms. The summed E-state index contributed by atoms with van der Waals surface area (Å²) in [7, 11) is 2.80. The first-order chi connectivity index (χ1) is 12.0. The molecule has 2 aromatic carbocycles. The van der Waals surface area contributed by atoms with Crippen LogP contribution in [0.1, 0.15) is 15.9 Å². The summed E-state index contributed by atoms with van der Waals surface area (Å²) in [6.45, 7) is 0. The summed E-state index contributed by atoms with van der Waals surface area (Å²) in [5.41, 5.74) is 0.847. The predicted octanol–water partition coefficient (Wildman–Crippen LogP) is 1.84. The van der Waals surface area contributed by atoms with Crippen molar-refractivity contribution < 1.29 is 29.3 Å². The number of ether oxygens (including phenoxy) is 2. The van der Waals surface area contributed by atoms with E-state index in [-0.39, 0.29) is 23.7 Å². The smallest absolute Gasteiger partial charge is 0.326 e. The maximum absolute atomic E-state index is 12.2. The number of aromatic hydroxyl groups is 1. The van der Waals surface area contributed by atoms with E-state index in [2.05, 4.69) is 5.32 Å². The SMILES string of the molecule is COc1cc(CC(NC(=O)c2ccccc2)C(=O)O)cc(O)c1OC. The minimum atomic E-state index is -1.18. The quantitative estimate of drug-likeness (QED) is 0.707. The van der Waals surface area contributed by atoms with Crippen LogP contribution in [0.4, 0.5) is 0 Å². The average molecular weight is 345 g/mol. The summed E-state index contributed by atoms with van der Waals surface area (Å²) in [6, 6.07) is 10.1. The lowest BCUT2D eigenvalue weighted by Gasteiger charge is -2.16. The number of carboxylic acids is 1. The Hall–Kier alpha value is -3.22. The van der Waals surface area contributed by atoms with Gasteiger partial charge >= 0.3 is 5.97 Å². The Balaban J connectivity index is 2.21. The zero-order chi connectivity index (χ0) is 18.4. The third-order valence-electron chi connectivity index (χ3n) is 3.60. The Bertz CT molecular complexity index is 760. The Morgan fingerprint density at radius 2 is 1.80 bits per heavy atom. The van der Waals surface area contributed by atoms with Gasteiger partial charge in [-0.3, -0.25) is 4.79 Å². The van der Waals surface area contributed by atoms with Gasteiger partial charge in [-0.15, -0.1) is 0 Å². The fourth-order valence-corrected chi connectivity index (χ4v) is 2.38. The first-order valence-electron chi connectivity index (χ1n) is 7.48. The molecule has 0 saturated carbocycles. The summed E-state index contributed by atoms with van der Waals surface area (Å²) < 4.78 is 10.2. The minimum Gasteiger partial charge on any atom is -0.504 e. The normalized spacial score (nSPS) is 11.4. The highest BCUT2D eigenvalue weighted by atomic mass is 16.5. The molecule has 0 heterocycles. The van der Waals surface area contributed by atoms with Gasteiger partial charge in [0.05, 0.1) is 14.2 Å². The number of hydrogen-bond donors (Lipinski definition) is 3. The molecule has 2 rings (SSSR count). The van der Waals surface area contributed by atoms with Crippen LogP contribution in [0.5, 0.6) is 17.2 Å². The molecule has 132 valence electrons. The lowest BCUT2D eigenvalue weighted by atomic mass is 10.0. The van der Waals surface area contributed by atoms with E-state index in [1.807, 2.05) is 0 Å². The second kappa shape index (κ2) is 8.05. The highest BCUT2D eigenvalue weighted by Crippen LogP contribution is 2.37. The number of carboxylic acid groups (broad SMARTS) is 1. The molecule has 1 amide bonds. The van der Waals surface area contributed by atoms with Crippen molar-refractivity contribution in [2.75, 3.05) is 14.2 Å².